The van der Waals surface area contributed by atoms with Crippen molar-refractivity contribution in [1.82, 2.24) is 20.1 Å². The molecule has 1 aliphatic heterocycles. The van der Waals surface area contributed by atoms with E-state index < -0.39 is 0 Å². The zero-order valence-electron chi connectivity index (χ0n) is 14.2. The third kappa shape index (κ3) is 4.51. The molecule has 6 heteroatoms. The molecular formula is C17H26N4O2. The van der Waals surface area contributed by atoms with Crippen LogP contribution in [-0.4, -0.2) is 58.3 Å². The number of carbonyl (C=O) groups excluding carboxylic acids is 2. The fraction of sp³-hybridized carbons (Fsp3) is 0.588. The maximum Gasteiger partial charge on any atom is 0.237 e. The first-order chi connectivity index (χ1) is 11.0. The summed E-state index contributed by atoms with van der Waals surface area (Å²) >= 11 is 0. The monoisotopic (exact) mass is 318 g/mol. The van der Waals surface area contributed by atoms with Crippen LogP contribution in [0, 0.1) is 0 Å². The number of aromatic nitrogens is 1. The van der Waals surface area contributed by atoms with E-state index in [1.54, 1.807) is 17.3 Å². The van der Waals surface area contributed by atoms with Crippen LogP contribution in [0.2, 0.25) is 0 Å². The summed E-state index contributed by atoms with van der Waals surface area (Å²) in [5, 5.41) is 2.87. The molecule has 0 spiro atoms. The zero-order valence-corrected chi connectivity index (χ0v) is 14.2. The standard InChI is InChI=1S/C17H26N4O2/c1-4-20(12-14-5-7-18-8-6-14)16(22)11-15-17(23)19-9-10-21(15)13(2)3/h5-8,13,15H,4,9-12H2,1-3H3,(H,19,23)/t15-/m1/s1. The third-order valence-electron chi connectivity index (χ3n) is 4.26. The van der Waals surface area contributed by atoms with Crippen LogP contribution in [0.5, 0.6) is 0 Å². The molecule has 2 rings (SSSR count). The summed E-state index contributed by atoms with van der Waals surface area (Å²) in [5.41, 5.74) is 1.05. The molecule has 6 nitrogen and oxygen atoms in total. The molecule has 2 heterocycles. The second-order valence-electron chi connectivity index (χ2n) is 6.11. The maximum atomic E-state index is 12.7. The van der Waals surface area contributed by atoms with Crippen molar-refractivity contribution in [3.05, 3.63) is 30.1 Å². The van der Waals surface area contributed by atoms with Crippen molar-refractivity contribution in [1.29, 1.82) is 0 Å². The number of hydrogen-bond donors (Lipinski definition) is 1. The third-order valence-corrected chi connectivity index (χ3v) is 4.26. The van der Waals surface area contributed by atoms with E-state index in [1.807, 2.05) is 19.1 Å². The van der Waals surface area contributed by atoms with Gasteiger partial charge in [-0.2, -0.15) is 0 Å². The lowest BCUT2D eigenvalue weighted by Crippen LogP contribution is -2.58. The number of pyridine rings is 1. The molecule has 1 saturated heterocycles. The number of nitrogens with one attached hydrogen (secondary N) is 1. The van der Waals surface area contributed by atoms with Crippen LogP contribution in [-0.2, 0) is 16.1 Å². The highest BCUT2D eigenvalue weighted by molar-refractivity contribution is 5.88. The predicted octanol–water partition coefficient (Wildman–Crippen LogP) is 1.03. The predicted molar refractivity (Wildman–Crippen MR) is 88.6 cm³/mol. The first-order valence-electron chi connectivity index (χ1n) is 8.23. The second kappa shape index (κ2) is 8.06. The summed E-state index contributed by atoms with van der Waals surface area (Å²) in [5.74, 6) is -0.0322. The van der Waals surface area contributed by atoms with Crippen molar-refractivity contribution >= 4 is 11.8 Å². The quantitative estimate of drug-likeness (QED) is 0.851. The lowest BCUT2D eigenvalue weighted by molar-refractivity contribution is -0.139. The second-order valence-corrected chi connectivity index (χ2v) is 6.11. The molecule has 0 unspecified atom stereocenters. The minimum absolute atomic E-state index is 0.0111. The van der Waals surface area contributed by atoms with Crippen LogP contribution in [0.4, 0.5) is 0 Å². The van der Waals surface area contributed by atoms with Crippen molar-refractivity contribution in [3.63, 3.8) is 0 Å². The molecule has 0 saturated carbocycles. The molecule has 1 aromatic heterocycles. The summed E-state index contributed by atoms with van der Waals surface area (Å²) in [4.78, 5) is 32.7. The van der Waals surface area contributed by atoms with Crippen molar-refractivity contribution in [2.45, 2.75) is 45.8 Å². The van der Waals surface area contributed by atoms with E-state index >= 15 is 0 Å². The summed E-state index contributed by atoms with van der Waals surface area (Å²) in [6, 6.07) is 3.68. The molecule has 1 atom stereocenters. The normalized spacial score (nSPS) is 18.8. The zero-order chi connectivity index (χ0) is 16.8. The van der Waals surface area contributed by atoms with Gasteiger partial charge in [0.05, 0.1) is 12.5 Å². The number of nitrogens with zero attached hydrogens (tertiary/aromatic N) is 3. The SMILES string of the molecule is CCN(Cc1ccncc1)C(=O)C[C@@H]1C(=O)NCCN1C(C)C. The molecule has 0 radical (unpaired) electrons. The summed E-state index contributed by atoms with van der Waals surface area (Å²) < 4.78 is 0. The number of carbonyl (C=O) groups is 2. The van der Waals surface area contributed by atoms with Crippen LogP contribution in [0.15, 0.2) is 24.5 Å². The van der Waals surface area contributed by atoms with E-state index in [9.17, 15) is 9.59 Å². The van der Waals surface area contributed by atoms with E-state index in [2.05, 4.69) is 29.0 Å². The Morgan fingerprint density at radius 2 is 2.13 bits per heavy atom. The Kier molecular flexibility index (Phi) is 6.10. The average molecular weight is 318 g/mol. The van der Waals surface area contributed by atoms with E-state index in [-0.39, 0.29) is 30.3 Å². The Bertz CT molecular complexity index is 533. The first kappa shape index (κ1) is 17.4. The number of piperazine rings is 1. The van der Waals surface area contributed by atoms with Gasteiger partial charge in [0.1, 0.15) is 0 Å². The van der Waals surface area contributed by atoms with Crippen molar-refractivity contribution in [3.8, 4) is 0 Å². The molecule has 2 amide bonds. The molecule has 0 aliphatic carbocycles. The Hall–Kier alpha value is -1.95. The molecule has 1 aromatic rings. The highest BCUT2D eigenvalue weighted by atomic mass is 16.2. The van der Waals surface area contributed by atoms with E-state index in [4.69, 9.17) is 0 Å². The molecule has 126 valence electrons. The first-order valence-corrected chi connectivity index (χ1v) is 8.23. The van der Waals surface area contributed by atoms with Gasteiger partial charge in [0, 0.05) is 44.6 Å². The van der Waals surface area contributed by atoms with Crippen LogP contribution in [0.25, 0.3) is 0 Å². The molecule has 23 heavy (non-hydrogen) atoms. The maximum absolute atomic E-state index is 12.7. The van der Waals surface area contributed by atoms with Gasteiger partial charge in [0.2, 0.25) is 11.8 Å². The fourth-order valence-corrected chi connectivity index (χ4v) is 2.94. The van der Waals surface area contributed by atoms with E-state index in [1.165, 1.54) is 0 Å². The largest absolute Gasteiger partial charge is 0.353 e. The van der Waals surface area contributed by atoms with Gasteiger partial charge < -0.3 is 10.2 Å². The van der Waals surface area contributed by atoms with Gasteiger partial charge in [-0.25, -0.2) is 0 Å². The number of hydrogen-bond acceptors (Lipinski definition) is 4. The Balaban J connectivity index is 2.03. The topological polar surface area (TPSA) is 65.5 Å². The highest BCUT2D eigenvalue weighted by Gasteiger charge is 2.33. The van der Waals surface area contributed by atoms with Gasteiger partial charge in [0.15, 0.2) is 0 Å². The molecule has 1 aliphatic rings. The minimum Gasteiger partial charge on any atom is -0.353 e. The van der Waals surface area contributed by atoms with Crippen molar-refractivity contribution in [2.75, 3.05) is 19.6 Å². The van der Waals surface area contributed by atoms with Gasteiger partial charge in [0.25, 0.3) is 0 Å². The lowest BCUT2D eigenvalue weighted by atomic mass is 10.1. The van der Waals surface area contributed by atoms with Crippen LogP contribution in [0.1, 0.15) is 32.8 Å². The van der Waals surface area contributed by atoms with E-state index in [0.717, 1.165) is 12.1 Å². The number of amides is 2. The number of rotatable bonds is 6. The summed E-state index contributed by atoms with van der Waals surface area (Å²) in [6.07, 6.45) is 3.67. The van der Waals surface area contributed by atoms with Gasteiger partial charge in [-0.05, 0) is 38.5 Å². The molecular weight excluding hydrogens is 292 g/mol. The Labute approximate surface area is 137 Å². The summed E-state index contributed by atoms with van der Waals surface area (Å²) in [7, 11) is 0. The molecule has 0 aromatic carbocycles. The van der Waals surface area contributed by atoms with Gasteiger partial charge in [-0.15, -0.1) is 0 Å². The van der Waals surface area contributed by atoms with Gasteiger partial charge in [-0.3, -0.25) is 19.5 Å². The summed E-state index contributed by atoms with van der Waals surface area (Å²) in [6.45, 7) is 8.69. The van der Waals surface area contributed by atoms with Crippen LogP contribution < -0.4 is 5.32 Å². The van der Waals surface area contributed by atoms with Crippen molar-refractivity contribution in [2.24, 2.45) is 0 Å². The van der Waals surface area contributed by atoms with Gasteiger partial charge >= 0.3 is 0 Å². The van der Waals surface area contributed by atoms with Crippen molar-refractivity contribution < 1.29 is 9.59 Å². The fourth-order valence-electron chi connectivity index (χ4n) is 2.94. The lowest BCUT2D eigenvalue weighted by Gasteiger charge is -2.38. The Morgan fingerprint density at radius 3 is 2.74 bits per heavy atom. The Morgan fingerprint density at radius 1 is 1.43 bits per heavy atom. The average Bonchev–Trinajstić information content (AvgIpc) is 2.55. The van der Waals surface area contributed by atoms with Crippen LogP contribution in [0.3, 0.4) is 0 Å². The van der Waals surface area contributed by atoms with E-state index in [0.29, 0.717) is 19.6 Å². The van der Waals surface area contributed by atoms with Crippen LogP contribution >= 0.6 is 0 Å². The molecule has 1 N–H and O–H groups in total. The highest BCUT2D eigenvalue weighted by Crippen LogP contribution is 2.15. The van der Waals surface area contributed by atoms with Gasteiger partial charge in [-0.1, -0.05) is 0 Å². The molecule has 0 bridgehead atoms. The molecule has 1 fully saturated rings. The smallest absolute Gasteiger partial charge is 0.237 e. The minimum atomic E-state index is -0.372.